The highest BCUT2D eigenvalue weighted by Crippen LogP contribution is 2.28. The topological polar surface area (TPSA) is 58.5 Å². The highest BCUT2D eigenvalue weighted by Gasteiger charge is 2.39. The minimum atomic E-state index is -0.484. The zero-order valence-corrected chi connectivity index (χ0v) is 7.07. The average molecular weight is 176 g/mol. The molecule has 2 aliphatic rings. The molecule has 1 N–H and O–H groups in total. The predicted octanol–water partition coefficient (Wildman–Crippen LogP) is 0.174. The lowest BCUT2D eigenvalue weighted by Crippen LogP contribution is -2.22. The van der Waals surface area contributed by atoms with Crippen molar-refractivity contribution in [3.8, 4) is 0 Å². The summed E-state index contributed by atoms with van der Waals surface area (Å²) in [5, 5.41) is 2.26. The molecule has 0 aromatic rings. The van der Waals surface area contributed by atoms with Gasteiger partial charge in [-0.05, 0) is 13.0 Å². The van der Waals surface area contributed by atoms with Gasteiger partial charge in [-0.15, -0.1) is 0 Å². The smallest absolute Gasteiger partial charge is 0.255 e. The molecular formula is C9H8N2O2. The van der Waals surface area contributed by atoms with Gasteiger partial charge in [0, 0.05) is 11.8 Å². The third kappa shape index (κ3) is 1.02. The molecule has 1 atom stereocenters. The number of allylic oxidation sites excluding steroid dienone is 2. The maximum Gasteiger partial charge on any atom is 0.255 e. The van der Waals surface area contributed by atoms with Crippen molar-refractivity contribution in [1.82, 2.24) is 5.32 Å². The minimum Gasteiger partial charge on any atom is -0.292 e. The van der Waals surface area contributed by atoms with Crippen LogP contribution >= 0.6 is 0 Å². The van der Waals surface area contributed by atoms with Crippen molar-refractivity contribution < 1.29 is 9.59 Å². The third-order valence-corrected chi connectivity index (χ3v) is 2.14. The van der Waals surface area contributed by atoms with Gasteiger partial charge in [0.2, 0.25) is 5.91 Å². The zero-order chi connectivity index (χ0) is 9.42. The maximum atomic E-state index is 11.3. The maximum absolute atomic E-state index is 11.3. The summed E-state index contributed by atoms with van der Waals surface area (Å²) in [6.45, 7) is 1.80. The predicted molar refractivity (Wildman–Crippen MR) is 47.0 cm³/mol. The molecule has 2 heterocycles. The van der Waals surface area contributed by atoms with E-state index in [0.29, 0.717) is 11.3 Å². The first-order valence-electron chi connectivity index (χ1n) is 3.99. The first kappa shape index (κ1) is 7.91. The van der Waals surface area contributed by atoms with Gasteiger partial charge in [0.1, 0.15) is 5.92 Å². The van der Waals surface area contributed by atoms with E-state index in [1.54, 1.807) is 25.3 Å². The first-order chi connectivity index (χ1) is 6.24. The number of imide groups is 1. The van der Waals surface area contributed by atoms with Crippen LogP contribution in [0.5, 0.6) is 0 Å². The van der Waals surface area contributed by atoms with Crippen LogP contribution in [0.15, 0.2) is 28.4 Å². The number of carbonyl (C=O) groups is 2. The van der Waals surface area contributed by atoms with E-state index in [0.717, 1.165) is 0 Å². The Morgan fingerprint density at radius 1 is 1.54 bits per heavy atom. The fourth-order valence-corrected chi connectivity index (χ4v) is 1.51. The molecule has 0 aliphatic carbocycles. The third-order valence-electron chi connectivity index (χ3n) is 2.14. The normalized spacial score (nSPS) is 28.8. The Morgan fingerprint density at radius 2 is 2.31 bits per heavy atom. The second-order valence-electron chi connectivity index (χ2n) is 2.87. The van der Waals surface area contributed by atoms with Crippen molar-refractivity contribution in [3.05, 3.63) is 23.4 Å². The molecule has 1 unspecified atom stereocenters. The van der Waals surface area contributed by atoms with E-state index in [4.69, 9.17) is 0 Å². The lowest BCUT2D eigenvalue weighted by molar-refractivity contribution is -0.125. The van der Waals surface area contributed by atoms with E-state index in [9.17, 15) is 9.59 Å². The average Bonchev–Trinajstić information content (AvgIpc) is 2.43. The number of aliphatic imine (C=N–C) groups is 1. The Morgan fingerprint density at radius 3 is 3.00 bits per heavy atom. The molecule has 66 valence electrons. The van der Waals surface area contributed by atoms with E-state index in [1.807, 2.05) is 0 Å². The molecule has 0 spiro atoms. The fourth-order valence-electron chi connectivity index (χ4n) is 1.51. The lowest BCUT2D eigenvalue weighted by atomic mass is 9.96. The largest absolute Gasteiger partial charge is 0.292 e. The number of rotatable bonds is 0. The van der Waals surface area contributed by atoms with Crippen molar-refractivity contribution >= 4 is 18.0 Å². The summed E-state index contributed by atoms with van der Waals surface area (Å²) in [4.78, 5) is 26.5. The molecule has 2 aliphatic heterocycles. The van der Waals surface area contributed by atoms with E-state index in [1.165, 1.54) is 0 Å². The Balaban J connectivity index is 2.50. The van der Waals surface area contributed by atoms with E-state index >= 15 is 0 Å². The molecule has 2 amide bonds. The standard InChI is InChI=1S/C9H8N2O2/c1-2-6-7-5(3-4-10-6)8(12)11-9(7)13/h2-4,7H,1H3,(H,11,12,13). The SMILES string of the molecule is CC=C1N=CC=C2C(=O)NC(=O)C12. The van der Waals surface area contributed by atoms with Gasteiger partial charge in [0.15, 0.2) is 0 Å². The van der Waals surface area contributed by atoms with Crippen LogP contribution in [0, 0.1) is 5.92 Å². The van der Waals surface area contributed by atoms with Crippen LogP contribution in [-0.2, 0) is 9.59 Å². The molecule has 1 saturated heterocycles. The number of amides is 2. The summed E-state index contributed by atoms with van der Waals surface area (Å²) < 4.78 is 0. The van der Waals surface area contributed by atoms with Gasteiger partial charge >= 0.3 is 0 Å². The van der Waals surface area contributed by atoms with Crippen molar-refractivity contribution in [2.24, 2.45) is 10.9 Å². The van der Waals surface area contributed by atoms with Crippen molar-refractivity contribution in [3.63, 3.8) is 0 Å². The summed E-state index contributed by atoms with van der Waals surface area (Å²) in [6, 6.07) is 0. The number of nitrogens with zero attached hydrogens (tertiary/aromatic N) is 1. The van der Waals surface area contributed by atoms with Gasteiger partial charge in [-0.2, -0.15) is 0 Å². The number of fused-ring (bicyclic) bond motifs is 1. The van der Waals surface area contributed by atoms with Crippen LogP contribution < -0.4 is 5.32 Å². The molecule has 0 bridgehead atoms. The molecule has 0 radical (unpaired) electrons. The molecule has 0 aromatic heterocycles. The summed E-state index contributed by atoms with van der Waals surface area (Å²) in [6.07, 6.45) is 4.86. The van der Waals surface area contributed by atoms with E-state index < -0.39 is 5.92 Å². The molecule has 4 heteroatoms. The number of dihydropyridines is 1. The monoisotopic (exact) mass is 176 g/mol. The highest BCUT2D eigenvalue weighted by molar-refractivity contribution is 6.18. The van der Waals surface area contributed by atoms with Crippen LogP contribution in [0.1, 0.15) is 6.92 Å². The van der Waals surface area contributed by atoms with Crippen LogP contribution in [-0.4, -0.2) is 18.0 Å². The van der Waals surface area contributed by atoms with Crippen LogP contribution in [0.3, 0.4) is 0 Å². The Bertz CT molecular complexity index is 377. The van der Waals surface area contributed by atoms with E-state index in [-0.39, 0.29) is 11.8 Å². The molecule has 0 saturated carbocycles. The fraction of sp³-hybridized carbons (Fsp3) is 0.222. The minimum absolute atomic E-state index is 0.277. The van der Waals surface area contributed by atoms with Gasteiger partial charge in [-0.25, -0.2) is 0 Å². The van der Waals surface area contributed by atoms with Crippen molar-refractivity contribution in [2.75, 3.05) is 0 Å². The summed E-state index contributed by atoms with van der Waals surface area (Å²) in [5.41, 5.74) is 1.13. The molecular weight excluding hydrogens is 168 g/mol. The van der Waals surface area contributed by atoms with Gasteiger partial charge in [0.05, 0.1) is 5.70 Å². The number of hydrogen-bond donors (Lipinski definition) is 1. The van der Waals surface area contributed by atoms with Crippen molar-refractivity contribution in [2.45, 2.75) is 6.92 Å². The highest BCUT2D eigenvalue weighted by atomic mass is 16.2. The Hall–Kier alpha value is -1.71. The molecule has 1 fully saturated rings. The van der Waals surface area contributed by atoms with E-state index in [2.05, 4.69) is 10.3 Å². The Kier molecular flexibility index (Phi) is 1.62. The van der Waals surface area contributed by atoms with Gasteiger partial charge < -0.3 is 0 Å². The Labute approximate surface area is 75.0 Å². The van der Waals surface area contributed by atoms with Gasteiger partial charge in [-0.1, -0.05) is 6.08 Å². The van der Waals surface area contributed by atoms with Gasteiger partial charge in [0.25, 0.3) is 5.91 Å². The van der Waals surface area contributed by atoms with Crippen molar-refractivity contribution in [1.29, 1.82) is 0 Å². The summed E-state index contributed by atoms with van der Waals surface area (Å²) >= 11 is 0. The first-order valence-corrected chi connectivity index (χ1v) is 3.99. The summed E-state index contributed by atoms with van der Waals surface area (Å²) in [5.74, 6) is -1.07. The number of carbonyl (C=O) groups excluding carboxylic acids is 2. The van der Waals surface area contributed by atoms with Crippen LogP contribution in [0.2, 0.25) is 0 Å². The number of hydrogen-bond acceptors (Lipinski definition) is 3. The summed E-state index contributed by atoms with van der Waals surface area (Å²) in [7, 11) is 0. The quantitative estimate of drug-likeness (QED) is 0.535. The zero-order valence-electron chi connectivity index (χ0n) is 7.07. The molecule has 13 heavy (non-hydrogen) atoms. The van der Waals surface area contributed by atoms with Crippen LogP contribution in [0.25, 0.3) is 0 Å². The molecule has 0 aromatic carbocycles. The second-order valence-corrected chi connectivity index (χ2v) is 2.87. The molecule has 4 nitrogen and oxygen atoms in total. The number of nitrogens with one attached hydrogen (secondary N) is 1. The molecule has 2 rings (SSSR count). The second kappa shape index (κ2) is 2.65. The van der Waals surface area contributed by atoms with Gasteiger partial charge in [-0.3, -0.25) is 19.9 Å². The van der Waals surface area contributed by atoms with Crippen LogP contribution in [0.4, 0.5) is 0 Å². The lowest BCUT2D eigenvalue weighted by Gasteiger charge is -2.10.